The number of hydrogen-bond acceptors (Lipinski definition) is 4. The summed E-state index contributed by atoms with van der Waals surface area (Å²) in [5, 5.41) is 8.53. The van der Waals surface area contributed by atoms with Crippen molar-refractivity contribution in [3.05, 3.63) is 0 Å². The zero-order valence-corrected chi connectivity index (χ0v) is 8.23. The van der Waals surface area contributed by atoms with Crippen LogP contribution >= 0.6 is 34.8 Å². The van der Waals surface area contributed by atoms with Gasteiger partial charge in [-0.3, -0.25) is 4.79 Å². The van der Waals surface area contributed by atoms with Gasteiger partial charge in [-0.2, -0.15) is 0 Å². The van der Waals surface area contributed by atoms with E-state index in [-0.39, 0.29) is 13.0 Å². The number of nitrogens with two attached hydrogens (primary N) is 1. The van der Waals surface area contributed by atoms with E-state index in [4.69, 9.17) is 45.6 Å². The third kappa shape index (κ3) is 8.36. The Morgan fingerprint density at radius 3 is 2.42 bits per heavy atom. The molecule has 0 aliphatic heterocycles. The standard InChI is InChI=1S/C5H8Cl3NO3/c6-5(7,8)2-12-4(11)1-3(9)10/h3,10H,1-2,9H2. The molecule has 1 unspecified atom stereocenters. The van der Waals surface area contributed by atoms with Crippen LogP contribution in [0, 0.1) is 0 Å². The summed E-state index contributed by atoms with van der Waals surface area (Å²) in [6.07, 6.45) is -1.56. The van der Waals surface area contributed by atoms with Crippen LogP contribution < -0.4 is 5.73 Å². The van der Waals surface area contributed by atoms with Gasteiger partial charge in [-0.05, 0) is 0 Å². The highest BCUT2D eigenvalue weighted by Gasteiger charge is 2.22. The Balaban J connectivity index is 3.58. The van der Waals surface area contributed by atoms with Gasteiger partial charge in [-0.15, -0.1) is 0 Å². The van der Waals surface area contributed by atoms with E-state index >= 15 is 0 Å². The minimum atomic E-state index is -1.63. The van der Waals surface area contributed by atoms with Crippen molar-refractivity contribution in [3.8, 4) is 0 Å². The van der Waals surface area contributed by atoms with Gasteiger partial charge in [0.15, 0.2) is 0 Å². The molecule has 3 N–H and O–H groups in total. The first-order valence-electron chi connectivity index (χ1n) is 2.97. The fourth-order valence-corrected chi connectivity index (χ4v) is 0.556. The average Bonchev–Trinajstić information content (AvgIpc) is 1.80. The van der Waals surface area contributed by atoms with Gasteiger partial charge in [0.2, 0.25) is 3.79 Å². The molecule has 0 fully saturated rings. The van der Waals surface area contributed by atoms with Crippen LogP contribution in [0.3, 0.4) is 0 Å². The lowest BCUT2D eigenvalue weighted by Crippen LogP contribution is -2.26. The van der Waals surface area contributed by atoms with E-state index in [1.165, 1.54) is 0 Å². The average molecular weight is 236 g/mol. The topological polar surface area (TPSA) is 72.5 Å². The fraction of sp³-hybridized carbons (Fsp3) is 0.800. The van der Waals surface area contributed by atoms with Crippen LogP contribution in [0.5, 0.6) is 0 Å². The molecule has 0 radical (unpaired) electrons. The number of esters is 1. The molecule has 0 rings (SSSR count). The Kier molecular flexibility index (Phi) is 5.20. The number of alkyl halides is 3. The van der Waals surface area contributed by atoms with Gasteiger partial charge in [-0.1, -0.05) is 34.8 Å². The summed E-state index contributed by atoms with van der Waals surface area (Å²) in [5.74, 6) is -0.712. The Hall–Kier alpha value is 0.260. The summed E-state index contributed by atoms with van der Waals surface area (Å²) >= 11 is 15.8. The zero-order valence-electron chi connectivity index (χ0n) is 5.97. The summed E-state index contributed by atoms with van der Waals surface area (Å²) in [4.78, 5) is 10.7. The predicted octanol–water partition coefficient (Wildman–Crippen LogP) is 0.567. The van der Waals surface area contributed by atoms with Gasteiger partial charge in [0.1, 0.15) is 12.8 Å². The van der Waals surface area contributed by atoms with Crippen molar-refractivity contribution < 1.29 is 14.6 Å². The molecular formula is C5H8Cl3NO3. The molecule has 4 nitrogen and oxygen atoms in total. The van der Waals surface area contributed by atoms with E-state index in [0.29, 0.717) is 0 Å². The monoisotopic (exact) mass is 235 g/mol. The molecule has 0 aromatic carbocycles. The molecule has 1 atom stereocenters. The quantitative estimate of drug-likeness (QED) is 0.427. The van der Waals surface area contributed by atoms with Crippen molar-refractivity contribution >= 4 is 40.8 Å². The molecule has 0 aromatic heterocycles. The molecule has 0 amide bonds. The first kappa shape index (κ1) is 12.3. The molecule has 0 bridgehead atoms. The van der Waals surface area contributed by atoms with Crippen molar-refractivity contribution in [1.82, 2.24) is 0 Å². The third-order valence-electron chi connectivity index (χ3n) is 0.773. The van der Waals surface area contributed by atoms with Crippen LogP contribution in [0.25, 0.3) is 0 Å². The number of rotatable bonds is 3. The van der Waals surface area contributed by atoms with Crippen molar-refractivity contribution in [2.45, 2.75) is 16.4 Å². The minimum absolute atomic E-state index is 0.319. The summed E-state index contributed by atoms with van der Waals surface area (Å²) in [6.45, 7) is -0.358. The molecular weight excluding hydrogens is 228 g/mol. The number of halogens is 3. The highest BCUT2D eigenvalue weighted by atomic mass is 35.6. The first-order valence-corrected chi connectivity index (χ1v) is 4.10. The van der Waals surface area contributed by atoms with Crippen molar-refractivity contribution in [1.29, 1.82) is 0 Å². The van der Waals surface area contributed by atoms with E-state index in [0.717, 1.165) is 0 Å². The summed E-state index contributed by atoms with van der Waals surface area (Å²) in [5.41, 5.74) is 4.89. The minimum Gasteiger partial charge on any atom is -0.461 e. The molecule has 7 heteroatoms. The maximum Gasteiger partial charge on any atom is 0.309 e. The molecule has 0 saturated carbocycles. The molecule has 0 aromatic rings. The first-order chi connectivity index (χ1) is 5.31. The molecule has 0 spiro atoms. The lowest BCUT2D eigenvalue weighted by molar-refractivity contribution is -0.145. The van der Waals surface area contributed by atoms with E-state index in [1.807, 2.05) is 0 Å². The van der Waals surface area contributed by atoms with Gasteiger partial charge < -0.3 is 15.6 Å². The Morgan fingerprint density at radius 2 is 2.08 bits per heavy atom. The number of carbonyl (C=O) groups excluding carboxylic acids is 1. The van der Waals surface area contributed by atoms with E-state index in [1.54, 1.807) is 0 Å². The van der Waals surface area contributed by atoms with Gasteiger partial charge in [0.25, 0.3) is 0 Å². The summed E-state index contributed by atoms with van der Waals surface area (Å²) in [7, 11) is 0. The fourth-order valence-electron chi connectivity index (χ4n) is 0.392. The molecule has 12 heavy (non-hydrogen) atoms. The second kappa shape index (κ2) is 5.09. The van der Waals surface area contributed by atoms with Gasteiger partial charge >= 0.3 is 5.97 Å². The predicted molar refractivity (Wildman–Crippen MR) is 46.1 cm³/mol. The van der Waals surface area contributed by atoms with Crippen LogP contribution in [-0.4, -0.2) is 27.7 Å². The van der Waals surface area contributed by atoms with Crippen LogP contribution in [0.4, 0.5) is 0 Å². The number of aliphatic hydroxyl groups is 1. The van der Waals surface area contributed by atoms with E-state index in [9.17, 15) is 4.79 Å². The summed E-state index contributed by atoms with van der Waals surface area (Å²) in [6, 6.07) is 0. The summed E-state index contributed by atoms with van der Waals surface area (Å²) < 4.78 is 2.81. The zero-order chi connectivity index (χ0) is 9.78. The van der Waals surface area contributed by atoms with Gasteiger partial charge in [0, 0.05) is 0 Å². The Labute approximate surface area is 84.5 Å². The highest BCUT2D eigenvalue weighted by molar-refractivity contribution is 6.67. The van der Waals surface area contributed by atoms with Gasteiger partial charge in [-0.25, -0.2) is 0 Å². The maximum absolute atomic E-state index is 10.7. The lowest BCUT2D eigenvalue weighted by atomic mass is 10.4. The lowest BCUT2D eigenvalue weighted by Gasteiger charge is -2.11. The maximum atomic E-state index is 10.7. The number of ether oxygens (including phenoxy) is 1. The molecule has 0 aliphatic rings. The SMILES string of the molecule is NC(O)CC(=O)OCC(Cl)(Cl)Cl. The molecule has 0 aliphatic carbocycles. The van der Waals surface area contributed by atoms with Crippen molar-refractivity contribution in [2.75, 3.05) is 6.61 Å². The van der Waals surface area contributed by atoms with E-state index in [2.05, 4.69) is 4.74 Å². The van der Waals surface area contributed by atoms with Gasteiger partial charge in [0.05, 0.1) is 6.42 Å². The van der Waals surface area contributed by atoms with Crippen molar-refractivity contribution in [2.24, 2.45) is 5.73 Å². The number of aliphatic hydroxyl groups excluding tert-OH is 1. The van der Waals surface area contributed by atoms with Crippen molar-refractivity contribution in [3.63, 3.8) is 0 Å². The smallest absolute Gasteiger partial charge is 0.309 e. The highest BCUT2D eigenvalue weighted by Crippen LogP contribution is 2.25. The third-order valence-corrected chi connectivity index (χ3v) is 1.10. The second-order valence-electron chi connectivity index (χ2n) is 2.05. The van der Waals surface area contributed by atoms with Crippen LogP contribution in [0.2, 0.25) is 0 Å². The number of hydrogen-bond donors (Lipinski definition) is 2. The molecule has 0 saturated heterocycles. The molecule has 0 heterocycles. The van der Waals surface area contributed by atoms with Crippen LogP contribution in [-0.2, 0) is 9.53 Å². The van der Waals surface area contributed by atoms with Crippen LogP contribution in [0.15, 0.2) is 0 Å². The van der Waals surface area contributed by atoms with Crippen LogP contribution in [0.1, 0.15) is 6.42 Å². The van der Waals surface area contributed by atoms with E-state index < -0.39 is 16.0 Å². The Morgan fingerprint density at radius 1 is 1.58 bits per heavy atom. The molecule has 72 valence electrons. The second-order valence-corrected chi connectivity index (χ2v) is 4.56. The number of carbonyl (C=O) groups is 1. The largest absolute Gasteiger partial charge is 0.461 e. The Bertz CT molecular complexity index is 157. The normalized spacial score (nSPS) is 14.1.